The van der Waals surface area contributed by atoms with Crippen LogP contribution >= 0.6 is 0 Å². The Labute approximate surface area is 145 Å². The second-order valence-electron chi connectivity index (χ2n) is 6.07. The molecule has 0 aliphatic carbocycles. The Morgan fingerprint density at radius 2 is 2.20 bits per heavy atom. The van der Waals surface area contributed by atoms with Crippen LogP contribution in [0.15, 0.2) is 42.7 Å². The number of rotatable bonds is 6. The average molecular weight is 343 g/mol. The van der Waals surface area contributed by atoms with Crippen molar-refractivity contribution in [2.45, 2.75) is 25.3 Å². The van der Waals surface area contributed by atoms with Crippen LogP contribution in [0.3, 0.4) is 0 Å². The molecule has 25 heavy (non-hydrogen) atoms. The number of para-hydroxylation sites is 2. The monoisotopic (exact) mass is 343 g/mol. The van der Waals surface area contributed by atoms with E-state index in [4.69, 9.17) is 0 Å². The van der Waals surface area contributed by atoms with Crippen molar-refractivity contribution >= 4 is 17.3 Å². The maximum atomic E-state index is 12.4. The molecule has 8 nitrogen and oxygen atoms in total. The standard InChI is InChI=1S/C17H21N5O3/c23-17(8-10-18-15-6-1-2-7-16(15)22(24)25)20-11-3-5-14(13-20)21-12-4-9-19-21/h1-2,4,6-7,9,12,14,18H,3,5,8,10-11,13H2/t14-/m1/s1. The van der Waals surface area contributed by atoms with Gasteiger partial charge in [-0.15, -0.1) is 0 Å². The van der Waals surface area contributed by atoms with Gasteiger partial charge >= 0.3 is 0 Å². The number of aromatic nitrogens is 2. The lowest BCUT2D eigenvalue weighted by Gasteiger charge is -2.33. The zero-order valence-corrected chi connectivity index (χ0v) is 13.9. The molecule has 1 N–H and O–H groups in total. The zero-order valence-electron chi connectivity index (χ0n) is 13.9. The Hall–Kier alpha value is -2.90. The number of nitrogens with one attached hydrogen (secondary N) is 1. The van der Waals surface area contributed by atoms with Crippen molar-refractivity contribution in [2.75, 3.05) is 25.0 Å². The van der Waals surface area contributed by atoms with E-state index >= 15 is 0 Å². The molecule has 1 aromatic heterocycles. The number of nitrogens with zero attached hydrogens (tertiary/aromatic N) is 4. The van der Waals surface area contributed by atoms with Crippen LogP contribution in [0.5, 0.6) is 0 Å². The first-order valence-corrected chi connectivity index (χ1v) is 8.39. The van der Waals surface area contributed by atoms with Crippen LogP contribution in [0.4, 0.5) is 11.4 Å². The third-order valence-electron chi connectivity index (χ3n) is 4.40. The molecule has 1 fully saturated rings. The van der Waals surface area contributed by atoms with Gasteiger partial charge in [0, 0.05) is 44.5 Å². The largest absolute Gasteiger partial charge is 0.379 e. The normalized spacial score (nSPS) is 17.3. The summed E-state index contributed by atoms with van der Waals surface area (Å²) in [5, 5.41) is 18.3. The van der Waals surface area contributed by atoms with Gasteiger partial charge in [-0.25, -0.2) is 0 Å². The number of nitro benzene ring substituents is 1. The van der Waals surface area contributed by atoms with Gasteiger partial charge < -0.3 is 10.2 Å². The highest BCUT2D eigenvalue weighted by Gasteiger charge is 2.24. The lowest BCUT2D eigenvalue weighted by Crippen LogP contribution is -2.41. The van der Waals surface area contributed by atoms with Crippen molar-refractivity contribution in [3.8, 4) is 0 Å². The number of nitro groups is 1. The molecule has 0 spiro atoms. The molecule has 0 radical (unpaired) electrons. The summed E-state index contributed by atoms with van der Waals surface area (Å²) in [5.74, 6) is 0.0583. The Bertz CT molecular complexity index is 732. The van der Waals surface area contributed by atoms with Crippen LogP contribution in [0.2, 0.25) is 0 Å². The fourth-order valence-electron chi connectivity index (χ4n) is 3.14. The predicted octanol–water partition coefficient (Wildman–Crippen LogP) is 2.46. The van der Waals surface area contributed by atoms with Crippen LogP contribution in [-0.2, 0) is 4.79 Å². The van der Waals surface area contributed by atoms with E-state index < -0.39 is 4.92 Å². The summed E-state index contributed by atoms with van der Waals surface area (Å²) in [5.41, 5.74) is 0.458. The molecule has 1 saturated heterocycles. The molecule has 1 atom stereocenters. The van der Waals surface area contributed by atoms with E-state index in [0.29, 0.717) is 25.2 Å². The number of piperidine rings is 1. The lowest BCUT2D eigenvalue weighted by atomic mass is 10.1. The van der Waals surface area contributed by atoms with Crippen molar-refractivity contribution in [1.29, 1.82) is 0 Å². The summed E-state index contributed by atoms with van der Waals surface area (Å²) in [6, 6.07) is 8.56. The molecule has 2 aromatic rings. The highest BCUT2D eigenvalue weighted by atomic mass is 16.6. The predicted molar refractivity (Wildman–Crippen MR) is 93.3 cm³/mol. The van der Waals surface area contributed by atoms with E-state index in [2.05, 4.69) is 10.4 Å². The molecule has 0 bridgehead atoms. The number of anilines is 1. The quantitative estimate of drug-likeness (QED) is 0.642. The van der Waals surface area contributed by atoms with Gasteiger partial charge in [0.1, 0.15) is 5.69 Å². The van der Waals surface area contributed by atoms with Crippen molar-refractivity contribution < 1.29 is 9.72 Å². The van der Waals surface area contributed by atoms with Crippen molar-refractivity contribution in [3.63, 3.8) is 0 Å². The summed E-state index contributed by atoms with van der Waals surface area (Å²) in [4.78, 5) is 24.9. The first-order valence-electron chi connectivity index (χ1n) is 8.39. The van der Waals surface area contributed by atoms with E-state index in [-0.39, 0.29) is 17.6 Å². The van der Waals surface area contributed by atoms with Gasteiger partial charge in [0.15, 0.2) is 0 Å². The third kappa shape index (κ3) is 4.14. The molecule has 8 heteroatoms. The Kier molecular flexibility index (Phi) is 5.27. The van der Waals surface area contributed by atoms with Crippen LogP contribution in [-0.4, -0.2) is 45.1 Å². The van der Waals surface area contributed by atoms with Gasteiger partial charge in [-0.05, 0) is 25.0 Å². The van der Waals surface area contributed by atoms with Crippen LogP contribution < -0.4 is 5.32 Å². The number of hydrogen-bond donors (Lipinski definition) is 1. The van der Waals surface area contributed by atoms with Crippen LogP contribution in [0, 0.1) is 10.1 Å². The average Bonchev–Trinajstić information content (AvgIpc) is 3.17. The summed E-state index contributed by atoms with van der Waals surface area (Å²) >= 11 is 0. The van der Waals surface area contributed by atoms with Crippen molar-refractivity contribution in [1.82, 2.24) is 14.7 Å². The summed E-state index contributed by atoms with van der Waals surface area (Å²) in [6.07, 6.45) is 5.94. The van der Waals surface area contributed by atoms with E-state index in [1.807, 2.05) is 21.8 Å². The number of carbonyl (C=O) groups is 1. The third-order valence-corrected chi connectivity index (χ3v) is 4.40. The molecular weight excluding hydrogens is 322 g/mol. The molecular formula is C17H21N5O3. The minimum Gasteiger partial charge on any atom is -0.379 e. The molecule has 2 heterocycles. The SMILES string of the molecule is O=C(CCNc1ccccc1[N+](=O)[O-])N1CCC[C@@H](n2cccn2)C1. The second-order valence-corrected chi connectivity index (χ2v) is 6.07. The topological polar surface area (TPSA) is 93.3 Å². The first kappa shape index (κ1) is 16.9. The van der Waals surface area contributed by atoms with Gasteiger partial charge in [0.05, 0.1) is 11.0 Å². The van der Waals surface area contributed by atoms with Gasteiger partial charge in [-0.2, -0.15) is 5.10 Å². The highest BCUT2D eigenvalue weighted by Crippen LogP contribution is 2.24. The molecule has 132 valence electrons. The first-order chi connectivity index (χ1) is 12.1. The molecule has 0 unspecified atom stereocenters. The minimum atomic E-state index is -0.427. The van der Waals surface area contributed by atoms with Gasteiger partial charge in [-0.3, -0.25) is 19.6 Å². The van der Waals surface area contributed by atoms with Gasteiger partial charge in [-0.1, -0.05) is 12.1 Å². The minimum absolute atomic E-state index is 0.0201. The number of likely N-dealkylation sites (tertiary alicyclic amines) is 1. The molecule has 1 aliphatic heterocycles. The van der Waals surface area contributed by atoms with Gasteiger partial charge in [0.25, 0.3) is 5.69 Å². The summed E-state index contributed by atoms with van der Waals surface area (Å²) in [7, 11) is 0. The van der Waals surface area contributed by atoms with Crippen molar-refractivity contribution in [3.05, 3.63) is 52.8 Å². The number of hydrogen-bond acceptors (Lipinski definition) is 5. The zero-order chi connectivity index (χ0) is 17.6. The molecule has 1 aliphatic rings. The summed E-state index contributed by atoms with van der Waals surface area (Å²) < 4.78 is 1.91. The maximum Gasteiger partial charge on any atom is 0.292 e. The number of amides is 1. The van der Waals surface area contributed by atoms with E-state index in [1.54, 1.807) is 24.4 Å². The Morgan fingerprint density at radius 1 is 1.36 bits per heavy atom. The fourth-order valence-corrected chi connectivity index (χ4v) is 3.14. The van der Waals surface area contributed by atoms with Crippen LogP contribution in [0.25, 0.3) is 0 Å². The Balaban J connectivity index is 1.52. The van der Waals surface area contributed by atoms with Crippen molar-refractivity contribution in [2.24, 2.45) is 0 Å². The second kappa shape index (κ2) is 7.78. The maximum absolute atomic E-state index is 12.4. The van der Waals surface area contributed by atoms with E-state index in [0.717, 1.165) is 19.4 Å². The number of carbonyl (C=O) groups excluding carboxylic acids is 1. The smallest absolute Gasteiger partial charge is 0.292 e. The fraction of sp³-hybridized carbons (Fsp3) is 0.412. The van der Waals surface area contributed by atoms with Crippen LogP contribution in [0.1, 0.15) is 25.3 Å². The molecule has 3 rings (SSSR count). The molecule has 1 aromatic carbocycles. The summed E-state index contributed by atoms with van der Waals surface area (Å²) in [6.45, 7) is 1.78. The lowest BCUT2D eigenvalue weighted by molar-refractivity contribution is -0.384. The van der Waals surface area contributed by atoms with E-state index in [9.17, 15) is 14.9 Å². The van der Waals surface area contributed by atoms with Gasteiger partial charge in [0.2, 0.25) is 5.91 Å². The molecule has 1 amide bonds. The molecule has 0 saturated carbocycles. The highest BCUT2D eigenvalue weighted by molar-refractivity contribution is 5.77. The number of benzene rings is 1. The Morgan fingerprint density at radius 3 is 2.96 bits per heavy atom. The van der Waals surface area contributed by atoms with E-state index in [1.165, 1.54) is 6.07 Å².